The third-order valence-corrected chi connectivity index (χ3v) is 3.34. The van der Waals surface area contributed by atoms with Crippen LogP contribution in [0.25, 0.3) is 5.69 Å². The maximum atomic E-state index is 14.0. The number of rotatable bonds is 1. The molecule has 6 nitrogen and oxygen atoms in total. The van der Waals surface area contributed by atoms with E-state index >= 15 is 0 Å². The van der Waals surface area contributed by atoms with Gasteiger partial charge in [0.2, 0.25) is 0 Å². The predicted molar refractivity (Wildman–Crippen MR) is 73.2 cm³/mol. The number of hydrogen-bond acceptors (Lipinski definition) is 4. The molecule has 0 saturated heterocycles. The molecule has 0 saturated carbocycles. The van der Waals surface area contributed by atoms with Crippen molar-refractivity contribution in [3.05, 3.63) is 56.6 Å². The number of carbonyl (C=O) groups excluding carboxylic acids is 2. The summed E-state index contributed by atoms with van der Waals surface area (Å²) < 4.78 is 14.8. The quantitative estimate of drug-likeness (QED) is 0.771. The summed E-state index contributed by atoms with van der Waals surface area (Å²) in [4.78, 5) is 35.3. The van der Waals surface area contributed by atoms with Crippen molar-refractivity contribution in [3.63, 3.8) is 0 Å². The van der Waals surface area contributed by atoms with Crippen LogP contribution < -0.4 is 16.6 Å². The molecule has 0 fully saturated rings. The largest absolute Gasteiger partial charge is 0.384 e. The van der Waals surface area contributed by atoms with Gasteiger partial charge in [0.05, 0.1) is 16.8 Å². The zero-order valence-electron chi connectivity index (χ0n) is 10.3. The summed E-state index contributed by atoms with van der Waals surface area (Å²) in [5.74, 6) is -2.51. The average molecular weight is 308 g/mol. The summed E-state index contributed by atoms with van der Waals surface area (Å²) in [6.45, 7) is 0. The Hall–Kier alpha value is -2.67. The molecule has 21 heavy (non-hydrogen) atoms. The average Bonchev–Trinajstić information content (AvgIpc) is 2.67. The number of benzene rings is 1. The van der Waals surface area contributed by atoms with Crippen LogP contribution in [0, 0.1) is 5.82 Å². The Bertz CT molecular complexity index is 876. The molecule has 2 heterocycles. The van der Waals surface area contributed by atoms with E-state index in [1.54, 1.807) is 0 Å². The minimum Gasteiger partial charge on any atom is -0.384 e. The Labute approximate surface area is 121 Å². The highest BCUT2D eigenvalue weighted by atomic mass is 35.5. The maximum absolute atomic E-state index is 14.0. The number of imide groups is 1. The molecule has 0 radical (unpaired) electrons. The standard InChI is InChI=1S/C13H7ClFN3O3/c14-5-1-2-8(7(15)3-5)18-9(19)4-6-10(11(18)16)13(21)17-12(6)20/h1-4H,16H2,(H,17,20,21). The van der Waals surface area contributed by atoms with E-state index in [-0.39, 0.29) is 27.7 Å². The summed E-state index contributed by atoms with van der Waals surface area (Å²) in [6, 6.07) is 4.60. The number of halogens is 2. The van der Waals surface area contributed by atoms with Crippen LogP contribution in [0.5, 0.6) is 0 Å². The second-order valence-electron chi connectivity index (χ2n) is 4.37. The first-order chi connectivity index (χ1) is 9.90. The van der Waals surface area contributed by atoms with Crippen molar-refractivity contribution in [1.82, 2.24) is 9.88 Å². The molecule has 3 N–H and O–H groups in total. The highest BCUT2D eigenvalue weighted by Crippen LogP contribution is 2.25. The van der Waals surface area contributed by atoms with Gasteiger partial charge in [-0.05, 0) is 18.2 Å². The first-order valence-corrected chi connectivity index (χ1v) is 6.14. The van der Waals surface area contributed by atoms with E-state index in [9.17, 15) is 18.8 Å². The van der Waals surface area contributed by atoms with E-state index in [2.05, 4.69) is 0 Å². The molecule has 1 aromatic heterocycles. The summed E-state index contributed by atoms with van der Waals surface area (Å²) >= 11 is 5.65. The lowest BCUT2D eigenvalue weighted by atomic mass is 10.1. The molecule has 1 aliphatic heterocycles. The number of nitrogens with two attached hydrogens (primary N) is 1. The Morgan fingerprint density at radius 1 is 1.14 bits per heavy atom. The summed E-state index contributed by atoms with van der Waals surface area (Å²) in [5.41, 5.74) is 4.63. The molecule has 0 bridgehead atoms. The first kappa shape index (κ1) is 13.3. The second kappa shape index (κ2) is 4.42. The van der Waals surface area contributed by atoms with Gasteiger partial charge in [-0.3, -0.25) is 24.3 Å². The molecular weight excluding hydrogens is 301 g/mol. The first-order valence-electron chi connectivity index (χ1n) is 5.77. The Kier molecular flexibility index (Phi) is 2.80. The predicted octanol–water partition coefficient (Wildman–Crippen LogP) is 1.10. The summed E-state index contributed by atoms with van der Waals surface area (Å²) in [6.07, 6.45) is 0. The van der Waals surface area contributed by atoms with Crippen molar-refractivity contribution in [2.24, 2.45) is 0 Å². The van der Waals surface area contributed by atoms with E-state index in [0.29, 0.717) is 0 Å². The van der Waals surface area contributed by atoms with Crippen molar-refractivity contribution in [1.29, 1.82) is 0 Å². The number of nitrogens with zero attached hydrogens (tertiary/aromatic N) is 1. The fraction of sp³-hybridized carbons (Fsp3) is 0. The van der Waals surface area contributed by atoms with Crippen molar-refractivity contribution in [2.75, 3.05) is 5.73 Å². The van der Waals surface area contributed by atoms with Gasteiger partial charge < -0.3 is 5.73 Å². The number of pyridine rings is 1. The minimum absolute atomic E-state index is 0.117. The number of anilines is 1. The maximum Gasteiger partial charge on any atom is 0.262 e. The van der Waals surface area contributed by atoms with Gasteiger partial charge in [0.1, 0.15) is 11.6 Å². The van der Waals surface area contributed by atoms with Gasteiger partial charge in [-0.15, -0.1) is 0 Å². The number of nitrogen functional groups attached to an aromatic ring is 1. The lowest BCUT2D eigenvalue weighted by Crippen LogP contribution is -2.24. The lowest BCUT2D eigenvalue weighted by Gasteiger charge is -2.12. The normalized spacial score (nSPS) is 13.2. The van der Waals surface area contributed by atoms with Crippen LogP contribution in [-0.4, -0.2) is 16.4 Å². The molecule has 106 valence electrons. The van der Waals surface area contributed by atoms with Crippen LogP contribution in [0.2, 0.25) is 5.02 Å². The number of fused-ring (bicyclic) bond motifs is 1. The smallest absolute Gasteiger partial charge is 0.262 e. The molecule has 1 aliphatic rings. The molecule has 0 spiro atoms. The highest BCUT2D eigenvalue weighted by molar-refractivity contribution is 6.30. The van der Waals surface area contributed by atoms with E-state index < -0.39 is 23.2 Å². The SMILES string of the molecule is Nc1c2c(cc(=O)n1-c1ccc(Cl)cc1F)C(=O)NC2=O. The van der Waals surface area contributed by atoms with Crippen molar-refractivity contribution >= 4 is 29.2 Å². The third-order valence-electron chi connectivity index (χ3n) is 3.10. The fourth-order valence-electron chi connectivity index (χ4n) is 2.19. The van der Waals surface area contributed by atoms with E-state index in [4.69, 9.17) is 17.3 Å². The molecule has 0 unspecified atom stereocenters. The monoisotopic (exact) mass is 307 g/mol. The lowest BCUT2D eigenvalue weighted by molar-refractivity contribution is 0.0880. The molecule has 0 atom stereocenters. The van der Waals surface area contributed by atoms with Gasteiger partial charge in [0, 0.05) is 11.1 Å². The topological polar surface area (TPSA) is 94.2 Å². The van der Waals surface area contributed by atoms with Gasteiger partial charge in [-0.25, -0.2) is 4.39 Å². The van der Waals surface area contributed by atoms with Crippen LogP contribution in [-0.2, 0) is 0 Å². The number of hydrogen-bond donors (Lipinski definition) is 2. The van der Waals surface area contributed by atoms with Gasteiger partial charge in [-0.2, -0.15) is 0 Å². The van der Waals surface area contributed by atoms with Gasteiger partial charge >= 0.3 is 0 Å². The van der Waals surface area contributed by atoms with Gasteiger partial charge in [-0.1, -0.05) is 11.6 Å². The second-order valence-corrected chi connectivity index (χ2v) is 4.81. The molecule has 2 aromatic rings. The molecule has 1 aromatic carbocycles. The van der Waals surface area contributed by atoms with E-state index in [0.717, 1.165) is 16.7 Å². The minimum atomic E-state index is -0.777. The van der Waals surface area contributed by atoms with Gasteiger partial charge in [0.25, 0.3) is 17.4 Å². The van der Waals surface area contributed by atoms with Crippen molar-refractivity contribution in [2.45, 2.75) is 0 Å². The Balaban J connectivity index is 2.35. The summed E-state index contributed by atoms with van der Waals surface area (Å²) in [7, 11) is 0. The van der Waals surface area contributed by atoms with Gasteiger partial charge in [0.15, 0.2) is 0 Å². The third kappa shape index (κ3) is 1.90. The number of amides is 2. The zero-order chi connectivity index (χ0) is 15.3. The molecule has 8 heteroatoms. The fourth-order valence-corrected chi connectivity index (χ4v) is 2.35. The Morgan fingerprint density at radius 2 is 1.86 bits per heavy atom. The van der Waals surface area contributed by atoms with Crippen LogP contribution >= 0.6 is 11.6 Å². The van der Waals surface area contributed by atoms with Crippen LogP contribution in [0.1, 0.15) is 20.7 Å². The van der Waals surface area contributed by atoms with Crippen LogP contribution in [0.3, 0.4) is 0 Å². The number of aromatic nitrogens is 1. The molecule has 0 aliphatic carbocycles. The van der Waals surface area contributed by atoms with Crippen LogP contribution in [0.4, 0.5) is 10.2 Å². The molecule has 3 rings (SSSR count). The van der Waals surface area contributed by atoms with E-state index in [1.807, 2.05) is 5.32 Å². The molecular formula is C13H7ClFN3O3. The number of nitrogens with one attached hydrogen (secondary N) is 1. The van der Waals surface area contributed by atoms with Crippen molar-refractivity contribution in [3.8, 4) is 5.69 Å². The van der Waals surface area contributed by atoms with Crippen LogP contribution in [0.15, 0.2) is 29.1 Å². The van der Waals surface area contributed by atoms with Crippen molar-refractivity contribution < 1.29 is 14.0 Å². The highest BCUT2D eigenvalue weighted by Gasteiger charge is 2.32. The molecule has 2 amide bonds. The Morgan fingerprint density at radius 3 is 2.52 bits per heavy atom. The summed E-state index contributed by atoms with van der Waals surface area (Å²) in [5, 5.41) is 2.18. The number of carbonyl (C=O) groups is 2. The van der Waals surface area contributed by atoms with E-state index in [1.165, 1.54) is 12.1 Å². The zero-order valence-corrected chi connectivity index (χ0v) is 11.1.